The Balaban J connectivity index is 2.12. The van der Waals surface area contributed by atoms with E-state index < -0.39 is 0 Å². The average Bonchev–Trinajstić information content (AvgIpc) is 2.97. The first kappa shape index (κ1) is 13.0. The lowest BCUT2D eigenvalue weighted by Gasteiger charge is -2.15. The lowest BCUT2D eigenvalue weighted by Crippen LogP contribution is -2.09. The minimum Gasteiger partial charge on any atom is -0.372 e. The number of nitrogens with zero attached hydrogens (tertiary/aromatic N) is 2. The maximum Gasteiger partial charge on any atom is 0.165 e. The largest absolute Gasteiger partial charge is 0.372 e. The third kappa shape index (κ3) is 2.26. The van der Waals surface area contributed by atoms with E-state index in [0.29, 0.717) is 5.82 Å². The monoisotopic (exact) mass is 285 g/mol. The number of thiophene rings is 1. The van der Waals surface area contributed by atoms with Crippen LogP contribution in [0, 0.1) is 0 Å². The van der Waals surface area contributed by atoms with Gasteiger partial charge < -0.3 is 10.1 Å². The average molecular weight is 285 g/mol. The van der Waals surface area contributed by atoms with Crippen LogP contribution in [0.5, 0.6) is 0 Å². The van der Waals surface area contributed by atoms with Crippen LogP contribution in [0.2, 0.25) is 0 Å². The van der Waals surface area contributed by atoms with Gasteiger partial charge in [-0.2, -0.15) is 0 Å². The molecule has 0 fully saturated rings. The molecule has 20 heavy (non-hydrogen) atoms. The zero-order valence-corrected chi connectivity index (χ0v) is 12.1. The summed E-state index contributed by atoms with van der Waals surface area (Å²) in [4.78, 5) is 10.2. The molecule has 1 aromatic carbocycles. The van der Waals surface area contributed by atoms with Gasteiger partial charge in [-0.3, -0.25) is 0 Å². The number of rotatable bonds is 4. The van der Waals surface area contributed by atoms with Gasteiger partial charge in [-0.15, -0.1) is 11.3 Å². The number of fused-ring (bicyclic) bond motifs is 1. The molecule has 0 aliphatic carbocycles. The van der Waals surface area contributed by atoms with Crippen molar-refractivity contribution in [2.45, 2.75) is 6.10 Å². The summed E-state index contributed by atoms with van der Waals surface area (Å²) in [5, 5.41) is 6.19. The zero-order chi connectivity index (χ0) is 13.9. The highest BCUT2D eigenvalue weighted by molar-refractivity contribution is 7.16. The zero-order valence-electron chi connectivity index (χ0n) is 11.3. The van der Waals surface area contributed by atoms with Crippen LogP contribution >= 0.6 is 11.3 Å². The molecule has 0 amide bonds. The van der Waals surface area contributed by atoms with Crippen LogP contribution in [-0.4, -0.2) is 24.1 Å². The number of anilines is 1. The quantitative estimate of drug-likeness (QED) is 0.797. The van der Waals surface area contributed by atoms with Gasteiger partial charge in [0.25, 0.3) is 0 Å². The van der Waals surface area contributed by atoms with E-state index in [-0.39, 0.29) is 6.10 Å². The van der Waals surface area contributed by atoms with Gasteiger partial charge in [0, 0.05) is 14.2 Å². The number of hydrogen-bond acceptors (Lipinski definition) is 5. The maximum absolute atomic E-state index is 5.60. The normalized spacial score (nSPS) is 12.5. The topological polar surface area (TPSA) is 47.0 Å². The van der Waals surface area contributed by atoms with Crippen LogP contribution in [-0.2, 0) is 4.74 Å². The van der Waals surface area contributed by atoms with Gasteiger partial charge >= 0.3 is 0 Å². The van der Waals surface area contributed by atoms with Crippen molar-refractivity contribution in [1.82, 2.24) is 9.97 Å². The van der Waals surface area contributed by atoms with Crippen molar-refractivity contribution >= 4 is 27.4 Å². The van der Waals surface area contributed by atoms with Crippen LogP contribution in [0.4, 0.5) is 5.82 Å². The molecule has 5 heteroatoms. The smallest absolute Gasteiger partial charge is 0.165 e. The number of ether oxygens (including phenoxy) is 1. The molecule has 4 nitrogen and oxygen atoms in total. The standard InChI is InChI=1S/C15H15N3OS/c1-16-13-11-8-9-20-15(11)18-14(17-13)12(19-2)10-6-4-3-5-7-10/h3-9,12H,1-2H3,(H,16,17,18). The molecule has 0 saturated carbocycles. The summed E-state index contributed by atoms with van der Waals surface area (Å²) in [6, 6.07) is 12.0. The number of methoxy groups -OCH3 is 1. The molecule has 2 aromatic heterocycles. The molecule has 1 atom stereocenters. The molecule has 2 heterocycles. The second-order valence-corrected chi connectivity index (χ2v) is 5.24. The summed E-state index contributed by atoms with van der Waals surface area (Å²) in [6.07, 6.45) is -0.255. The van der Waals surface area contributed by atoms with E-state index in [1.54, 1.807) is 18.4 Å². The van der Waals surface area contributed by atoms with Crippen molar-refractivity contribution < 1.29 is 4.74 Å². The Hall–Kier alpha value is -1.98. The Labute approximate surface area is 121 Å². The number of aromatic nitrogens is 2. The van der Waals surface area contributed by atoms with Crippen molar-refractivity contribution in [2.75, 3.05) is 19.5 Å². The van der Waals surface area contributed by atoms with Gasteiger partial charge in [0.1, 0.15) is 16.8 Å². The predicted octanol–water partition coefficient (Wildman–Crippen LogP) is 3.47. The Morgan fingerprint density at radius 3 is 2.65 bits per heavy atom. The van der Waals surface area contributed by atoms with E-state index in [0.717, 1.165) is 21.6 Å². The van der Waals surface area contributed by atoms with Crippen LogP contribution in [0.25, 0.3) is 10.2 Å². The molecule has 0 spiro atoms. The molecule has 0 bridgehead atoms. The summed E-state index contributed by atoms with van der Waals surface area (Å²) in [6.45, 7) is 0. The first-order valence-corrected chi connectivity index (χ1v) is 7.22. The van der Waals surface area contributed by atoms with E-state index in [4.69, 9.17) is 4.74 Å². The molecule has 0 radical (unpaired) electrons. The maximum atomic E-state index is 5.60. The lowest BCUT2D eigenvalue weighted by molar-refractivity contribution is 0.129. The lowest BCUT2D eigenvalue weighted by atomic mass is 10.1. The van der Waals surface area contributed by atoms with Gasteiger partial charge in [0.2, 0.25) is 0 Å². The number of nitrogens with one attached hydrogen (secondary N) is 1. The second-order valence-electron chi connectivity index (χ2n) is 4.35. The van der Waals surface area contributed by atoms with E-state index in [2.05, 4.69) is 15.3 Å². The molecular formula is C15H15N3OS. The third-order valence-electron chi connectivity index (χ3n) is 3.15. The van der Waals surface area contributed by atoms with Crippen molar-refractivity contribution in [2.24, 2.45) is 0 Å². The van der Waals surface area contributed by atoms with Crippen LogP contribution in [0.3, 0.4) is 0 Å². The highest BCUT2D eigenvalue weighted by Crippen LogP contribution is 2.29. The molecule has 3 rings (SSSR count). The van der Waals surface area contributed by atoms with E-state index >= 15 is 0 Å². The summed E-state index contributed by atoms with van der Waals surface area (Å²) >= 11 is 1.61. The van der Waals surface area contributed by atoms with Crippen molar-refractivity contribution in [1.29, 1.82) is 0 Å². The van der Waals surface area contributed by atoms with E-state index in [1.165, 1.54) is 0 Å². The highest BCUT2D eigenvalue weighted by Gasteiger charge is 2.18. The van der Waals surface area contributed by atoms with Crippen LogP contribution in [0.15, 0.2) is 41.8 Å². The molecule has 0 aliphatic heterocycles. The molecule has 0 saturated heterocycles. The Morgan fingerprint density at radius 1 is 1.15 bits per heavy atom. The number of benzene rings is 1. The van der Waals surface area contributed by atoms with Gasteiger partial charge in [-0.25, -0.2) is 9.97 Å². The molecular weight excluding hydrogens is 270 g/mol. The minimum atomic E-state index is -0.255. The SMILES string of the molecule is CNc1nc(C(OC)c2ccccc2)nc2sccc12. The minimum absolute atomic E-state index is 0.255. The Morgan fingerprint density at radius 2 is 1.95 bits per heavy atom. The summed E-state index contributed by atoms with van der Waals surface area (Å²) in [5.74, 6) is 1.52. The summed E-state index contributed by atoms with van der Waals surface area (Å²) < 4.78 is 5.60. The van der Waals surface area contributed by atoms with E-state index in [9.17, 15) is 0 Å². The molecule has 1 unspecified atom stereocenters. The van der Waals surface area contributed by atoms with Crippen molar-refractivity contribution in [3.8, 4) is 0 Å². The number of hydrogen-bond donors (Lipinski definition) is 1. The fraction of sp³-hybridized carbons (Fsp3) is 0.200. The van der Waals surface area contributed by atoms with Gasteiger partial charge in [-0.1, -0.05) is 30.3 Å². The summed E-state index contributed by atoms with van der Waals surface area (Å²) in [7, 11) is 3.55. The van der Waals surface area contributed by atoms with E-state index in [1.807, 2.05) is 48.8 Å². The highest BCUT2D eigenvalue weighted by atomic mass is 32.1. The van der Waals surface area contributed by atoms with Gasteiger partial charge in [-0.05, 0) is 17.0 Å². The van der Waals surface area contributed by atoms with Gasteiger partial charge in [0.15, 0.2) is 5.82 Å². The first-order chi connectivity index (χ1) is 9.83. The molecule has 0 aliphatic rings. The molecule has 1 N–H and O–H groups in total. The molecule has 3 aromatic rings. The fourth-order valence-electron chi connectivity index (χ4n) is 2.20. The first-order valence-electron chi connectivity index (χ1n) is 6.34. The Bertz CT molecular complexity index is 711. The third-order valence-corrected chi connectivity index (χ3v) is 3.96. The van der Waals surface area contributed by atoms with Crippen molar-refractivity contribution in [3.63, 3.8) is 0 Å². The van der Waals surface area contributed by atoms with Crippen molar-refractivity contribution in [3.05, 3.63) is 53.2 Å². The summed E-state index contributed by atoms with van der Waals surface area (Å²) in [5.41, 5.74) is 1.05. The van der Waals surface area contributed by atoms with Crippen LogP contribution < -0.4 is 5.32 Å². The fourth-order valence-corrected chi connectivity index (χ4v) is 2.97. The molecule has 102 valence electrons. The Kier molecular flexibility index (Phi) is 3.62. The van der Waals surface area contributed by atoms with Crippen LogP contribution in [0.1, 0.15) is 17.5 Å². The van der Waals surface area contributed by atoms with Gasteiger partial charge in [0.05, 0.1) is 5.39 Å². The second kappa shape index (κ2) is 5.56. The predicted molar refractivity (Wildman–Crippen MR) is 82.3 cm³/mol.